The van der Waals surface area contributed by atoms with E-state index in [4.69, 9.17) is 5.73 Å². The smallest absolute Gasteiger partial charge is 0.220 e. The third-order valence-electron chi connectivity index (χ3n) is 4.69. The van der Waals surface area contributed by atoms with E-state index in [0.717, 1.165) is 19.3 Å². The third kappa shape index (κ3) is 5.52. The van der Waals surface area contributed by atoms with Crippen LogP contribution >= 0.6 is 0 Å². The normalized spacial score (nSPS) is 23.1. The predicted octanol–water partition coefficient (Wildman–Crippen LogP) is 3.23. The Hall–Kier alpha value is -0.570. The van der Waals surface area contributed by atoms with Crippen LogP contribution < -0.4 is 11.1 Å². The summed E-state index contributed by atoms with van der Waals surface area (Å²) in [5.41, 5.74) is 6.03. The maximum absolute atomic E-state index is 12.1. The van der Waals surface area contributed by atoms with Crippen LogP contribution in [0.5, 0.6) is 0 Å². The number of rotatable bonds is 6. The molecular formula is C16H32N2O. The molecule has 0 aromatic rings. The van der Waals surface area contributed by atoms with Crippen molar-refractivity contribution in [2.45, 2.75) is 78.7 Å². The molecule has 0 heterocycles. The maximum Gasteiger partial charge on any atom is 0.220 e. The molecule has 19 heavy (non-hydrogen) atoms. The third-order valence-corrected chi connectivity index (χ3v) is 4.69. The number of hydrogen-bond acceptors (Lipinski definition) is 2. The van der Waals surface area contributed by atoms with Gasteiger partial charge in [-0.1, -0.05) is 40.5 Å². The molecule has 0 saturated heterocycles. The summed E-state index contributed by atoms with van der Waals surface area (Å²) in [7, 11) is 0. The van der Waals surface area contributed by atoms with E-state index in [1.54, 1.807) is 0 Å². The molecule has 0 aromatic heterocycles. The molecule has 1 rings (SSSR count). The molecule has 1 unspecified atom stereocenters. The number of carbonyl (C=O) groups excluding carboxylic acids is 1. The molecule has 3 nitrogen and oxygen atoms in total. The first kappa shape index (κ1) is 16.5. The van der Waals surface area contributed by atoms with E-state index in [0.29, 0.717) is 19.0 Å². The van der Waals surface area contributed by atoms with Gasteiger partial charge in [-0.15, -0.1) is 0 Å². The Morgan fingerprint density at radius 2 is 2.00 bits per heavy atom. The molecule has 0 bridgehead atoms. The highest BCUT2D eigenvalue weighted by Crippen LogP contribution is 2.35. The summed E-state index contributed by atoms with van der Waals surface area (Å²) in [6.45, 7) is 9.63. The summed E-state index contributed by atoms with van der Waals surface area (Å²) in [6, 6.07) is 0.353. The van der Waals surface area contributed by atoms with Gasteiger partial charge in [0.1, 0.15) is 0 Å². The number of nitrogens with two attached hydrogens (primary N) is 1. The van der Waals surface area contributed by atoms with E-state index in [1.165, 1.54) is 19.3 Å². The fourth-order valence-electron chi connectivity index (χ4n) is 3.00. The highest BCUT2D eigenvalue weighted by Gasteiger charge is 2.33. The van der Waals surface area contributed by atoms with Crippen LogP contribution in [0.1, 0.15) is 72.6 Å². The van der Waals surface area contributed by atoms with Crippen molar-refractivity contribution < 1.29 is 4.79 Å². The van der Waals surface area contributed by atoms with Crippen molar-refractivity contribution >= 4 is 5.91 Å². The standard InChI is InChI=1S/C16H32N2O/c1-15(2,11-12-17)10-8-14(19)18-13-7-5-6-9-16(13,3)4/h13H,5-12,17H2,1-4H3,(H,18,19). The van der Waals surface area contributed by atoms with Gasteiger partial charge in [-0.2, -0.15) is 0 Å². The van der Waals surface area contributed by atoms with Gasteiger partial charge >= 0.3 is 0 Å². The first-order valence-corrected chi connectivity index (χ1v) is 7.76. The molecule has 1 amide bonds. The van der Waals surface area contributed by atoms with Gasteiger partial charge in [-0.05, 0) is 43.1 Å². The lowest BCUT2D eigenvalue weighted by Crippen LogP contribution is -2.46. The zero-order chi connectivity index (χ0) is 14.5. The second-order valence-electron chi connectivity index (χ2n) is 7.56. The van der Waals surface area contributed by atoms with Crippen LogP contribution in [0.15, 0.2) is 0 Å². The summed E-state index contributed by atoms with van der Waals surface area (Å²) < 4.78 is 0. The Kier molecular flexibility index (Phi) is 5.84. The van der Waals surface area contributed by atoms with Crippen molar-refractivity contribution in [3.63, 3.8) is 0 Å². The zero-order valence-corrected chi connectivity index (χ0v) is 13.2. The zero-order valence-electron chi connectivity index (χ0n) is 13.2. The summed E-state index contributed by atoms with van der Waals surface area (Å²) in [5, 5.41) is 3.25. The number of hydrogen-bond donors (Lipinski definition) is 2. The minimum absolute atomic E-state index is 0.175. The van der Waals surface area contributed by atoms with Crippen molar-refractivity contribution in [1.29, 1.82) is 0 Å². The molecule has 1 atom stereocenters. The molecular weight excluding hydrogens is 236 g/mol. The first-order chi connectivity index (χ1) is 8.77. The predicted molar refractivity (Wildman–Crippen MR) is 80.9 cm³/mol. The lowest BCUT2D eigenvalue weighted by molar-refractivity contribution is -0.123. The molecule has 0 radical (unpaired) electrons. The highest BCUT2D eigenvalue weighted by molar-refractivity contribution is 5.76. The van der Waals surface area contributed by atoms with Crippen molar-refractivity contribution in [2.24, 2.45) is 16.6 Å². The van der Waals surface area contributed by atoms with Gasteiger partial charge in [-0.3, -0.25) is 4.79 Å². The lowest BCUT2D eigenvalue weighted by Gasteiger charge is -2.39. The average Bonchev–Trinajstić information content (AvgIpc) is 2.29. The summed E-state index contributed by atoms with van der Waals surface area (Å²) in [4.78, 5) is 12.1. The highest BCUT2D eigenvalue weighted by atomic mass is 16.1. The van der Waals surface area contributed by atoms with E-state index in [-0.39, 0.29) is 16.7 Å². The average molecular weight is 268 g/mol. The second kappa shape index (κ2) is 6.74. The minimum atomic E-state index is 0.175. The molecule has 0 aliphatic heterocycles. The Labute approximate surface area is 118 Å². The van der Waals surface area contributed by atoms with E-state index in [9.17, 15) is 4.79 Å². The summed E-state index contributed by atoms with van der Waals surface area (Å²) in [5.74, 6) is 0.213. The molecule has 1 aliphatic carbocycles. The van der Waals surface area contributed by atoms with Gasteiger partial charge in [0, 0.05) is 12.5 Å². The van der Waals surface area contributed by atoms with Crippen LogP contribution in [-0.4, -0.2) is 18.5 Å². The fraction of sp³-hybridized carbons (Fsp3) is 0.938. The van der Waals surface area contributed by atoms with Gasteiger partial charge in [0.25, 0.3) is 0 Å². The molecule has 0 spiro atoms. The van der Waals surface area contributed by atoms with Crippen LogP contribution in [0.25, 0.3) is 0 Å². The molecule has 0 aromatic carbocycles. The van der Waals surface area contributed by atoms with E-state index < -0.39 is 0 Å². The van der Waals surface area contributed by atoms with E-state index >= 15 is 0 Å². The van der Waals surface area contributed by atoms with Gasteiger partial charge in [0.2, 0.25) is 5.91 Å². The van der Waals surface area contributed by atoms with E-state index in [1.807, 2.05) is 0 Å². The number of nitrogens with one attached hydrogen (secondary N) is 1. The van der Waals surface area contributed by atoms with Gasteiger partial charge in [0.05, 0.1) is 0 Å². The molecule has 3 N–H and O–H groups in total. The topological polar surface area (TPSA) is 55.1 Å². The molecule has 1 aliphatic rings. The molecule has 1 fully saturated rings. The summed E-state index contributed by atoms with van der Waals surface area (Å²) >= 11 is 0. The first-order valence-electron chi connectivity index (χ1n) is 7.76. The van der Waals surface area contributed by atoms with Gasteiger partial charge in [0.15, 0.2) is 0 Å². The lowest BCUT2D eigenvalue weighted by atomic mass is 9.73. The second-order valence-corrected chi connectivity index (χ2v) is 7.56. The molecule has 3 heteroatoms. The van der Waals surface area contributed by atoms with Crippen molar-refractivity contribution in [3.8, 4) is 0 Å². The van der Waals surface area contributed by atoms with E-state index in [2.05, 4.69) is 33.0 Å². The van der Waals surface area contributed by atoms with Crippen LogP contribution in [0.3, 0.4) is 0 Å². The minimum Gasteiger partial charge on any atom is -0.353 e. The van der Waals surface area contributed by atoms with Crippen molar-refractivity contribution in [2.75, 3.05) is 6.54 Å². The van der Waals surface area contributed by atoms with Crippen LogP contribution in [0, 0.1) is 10.8 Å². The van der Waals surface area contributed by atoms with Gasteiger partial charge in [-0.25, -0.2) is 0 Å². The largest absolute Gasteiger partial charge is 0.353 e. The van der Waals surface area contributed by atoms with Crippen molar-refractivity contribution in [1.82, 2.24) is 5.32 Å². The van der Waals surface area contributed by atoms with Crippen LogP contribution in [0.4, 0.5) is 0 Å². The monoisotopic (exact) mass is 268 g/mol. The van der Waals surface area contributed by atoms with Crippen molar-refractivity contribution in [3.05, 3.63) is 0 Å². The molecule has 112 valence electrons. The Morgan fingerprint density at radius 1 is 1.32 bits per heavy atom. The number of carbonyl (C=O) groups is 1. The molecule has 1 saturated carbocycles. The van der Waals surface area contributed by atoms with Crippen LogP contribution in [0.2, 0.25) is 0 Å². The SMILES string of the molecule is CC(C)(CCN)CCC(=O)NC1CCCCC1(C)C. The number of amides is 1. The van der Waals surface area contributed by atoms with Gasteiger partial charge < -0.3 is 11.1 Å². The Balaban J connectivity index is 2.38. The van der Waals surface area contributed by atoms with Crippen LogP contribution in [-0.2, 0) is 4.79 Å². The quantitative estimate of drug-likeness (QED) is 0.777. The Bertz CT molecular complexity index is 297. The maximum atomic E-state index is 12.1. The fourth-order valence-corrected chi connectivity index (χ4v) is 3.00. The Morgan fingerprint density at radius 3 is 2.58 bits per heavy atom. The summed E-state index contributed by atoms with van der Waals surface area (Å²) in [6.07, 6.45) is 7.41.